The molecule has 2 aliphatic heterocycles. The Hall–Kier alpha value is -0.280. The number of ether oxygens (including phenoxy) is 6. The van der Waals surface area contributed by atoms with Crippen LogP contribution in [-0.2, 0) is 28.4 Å². The maximum atomic E-state index is 10.6. The third kappa shape index (κ3) is 6.43. The molecule has 2 heterocycles. The number of aliphatic hydroxyl groups excluding tert-OH is 1. The topological polar surface area (TPSA) is 75.6 Å². The van der Waals surface area contributed by atoms with Gasteiger partial charge in [-0.05, 0) is 94.3 Å². The highest BCUT2D eigenvalue weighted by molar-refractivity contribution is 4.97. The molecule has 6 fully saturated rings. The van der Waals surface area contributed by atoms with Crippen LogP contribution in [-0.4, -0.2) is 89.0 Å². The fraction of sp³-hybridized carbons (Fsp3) is 1.00. The average Bonchev–Trinajstić information content (AvgIpc) is 3.46. The molecular formula is C34H58O7. The van der Waals surface area contributed by atoms with Crippen molar-refractivity contribution < 1.29 is 33.5 Å². The summed E-state index contributed by atoms with van der Waals surface area (Å²) in [6.45, 7) is 13.1. The lowest BCUT2D eigenvalue weighted by molar-refractivity contribution is -0.168. The van der Waals surface area contributed by atoms with Gasteiger partial charge < -0.3 is 33.5 Å². The van der Waals surface area contributed by atoms with Crippen molar-refractivity contribution in [3.05, 3.63) is 0 Å². The van der Waals surface area contributed by atoms with Gasteiger partial charge in [0.2, 0.25) is 0 Å². The van der Waals surface area contributed by atoms with Gasteiger partial charge in [-0.3, -0.25) is 0 Å². The Labute approximate surface area is 248 Å². The minimum absolute atomic E-state index is 0.115. The van der Waals surface area contributed by atoms with Crippen LogP contribution in [0.1, 0.15) is 91.4 Å². The monoisotopic (exact) mass is 578 g/mol. The number of fused-ring (bicyclic) bond motifs is 4. The second-order valence-corrected chi connectivity index (χ2v) is 15.2. The minimum Gasteiger partial charge on any atom is -0.396 e. The SMILES string of the molecule is CCC1(COC2CCC3CC2CC3OCC(CC)(CO)COC2CCC3CC2CC3OCC2(CC)COC2)COC1. The van der Waals surface area contributed by atoms with Crippen LogP contribution in [0.5, 0.6) is 0 Å². The van der Waals surface area contributed by atoms with Crippen molar-refractivity contribution in [1.29, 1.82) is 0 Å². The van der Waals surface area contributed by atoms with Crippen LogP contribution < -0.4 is 0 Å². The lowest BCUT2D eigenvalue weighted by Gasteiger charge is -2.42. The lowest BCUT2D eigenvalue weighted by atomic mass is 9.83. The van der Waals surface area contributed by atoms with Crippen LogP contribution in [0.2, 0.25) is 0 Å². The van der Waals surface area contributed by atoms with Gasteiger partial charge in [0.1, 0.15) is 0 Å². The van der Waals surface area contributed by atoms with Crippen molar-refractivity contribution in [3.8, 4) is 0 Å². The summed E-state index contributed by atoms with van der Waals surface area (Å²) in [5.74, 6) is 2.49. The van der Waals surface area contributed by atoms with Crippen molar-refractivity contribution in [3.63, 3.8) is 0 Å². The summed E-state index contributed by atoms with van der Waals surface area (Å²) < 4.78 is 37.4. The van der Waals surface area contributed by atoms with E-state index in [4.69, 9.17) is 28.4 Å². The summed E-state index contributed by atoms with van der Waals surface area (Å²) in [4.78, 5) is 0. The van der Waals surface area contributed by atoms with E-state index in [0.717, 1.165) is 84.6 Å². The van der Waals surface area contributed by atoms with Crippen LogP contribution in [0.4, 0.5) is 0 Å². The van der Waals surface area contributed by atoms with Gasteiger partial charge in [0.25, 0.3) is 0 Å². The van der Waals surface area contributed by atoms with Crippen LogP contribution in [0.25, 0.3) is 0 Å². The van der Waals surface area contributed by atoms with Crippen molar-refractivity contribution in [1.82, 2.24) is 0 Å². The van der Waals surface area contributed by atoms with E-state index in [0.29, 0.717) is 49.1 Å². The molecule has 7 nitrogen and oxygen atoms in total. The van der Waals surface area contributed by atoms with E-state index in [2.05, 4.69) is 20.8 Å². The Morgan fingerprint density at radius 2 is 1.07 bits per heavy atom. The molecule has 0 spiro atoms. The number of hydrogen-bond donors (Lipinski definition) is 1. The molecule has 2 saturated heterocycles. The second-order valence-electron chi connectivity index (χ2n) is 15.2. The molecule has 0 aromatic heterocycles. The smallest absolute Gasteiger partial charge is 0.0607 e. The summed E-state index contributed by atoms with van der Waals surface area (Å²) >= 11 is 0. The molecule has 9 unspecified atom stereocenters. The first-order valence-corrected chi connectivity index (χ1v) is 17.2. The van der Waals surface area contributed by atoms with E-state index in [-0.39, 0.29) is 35.1 Å². The van der Waals surface area contributed by atoms with Crippen molar-refractivity contribution in [2.75, 3.05) is 59.5 Å². The Morgan fingerprint density at radius 3 is 1.51 bits per heavy atom. The molecule has 4 bridgehead atoms. The predicted molar refractivity (Wildman–Crippen MR) is 157 cm³/mol. The van der Waals surface area contributed by atoms with Crippen LogP contribution >= 0.6 is 0 Å². The molecule has 7 heteroatoms. The highest BCUT2D eigenvalue weighted by Gasteiger charge is 2.48. The Morgan fingerprint density at radius 1 is 0.610 bits per heavy atom. The molecule has 6 aliphatic rings. The molecule has 41 heavy (non-hydrogen) atoms. The fourth-order valence-electron chi connectivity index (χ4n) is 8.69. The summed E-state index contributed by atoms with van der Waals surface area (Å²) in [6.07, 6.45) is 13.7. The van der Waals surface area contributed by atoms with Crippen molar-refractivity contribution >= 4 is 0 Å². The van der Waals surface area contributed by atoms with E-state index in [9.17, 15) is 5.11 Å². The fourth-order valence-corrected chi connectivity index (χ4v) is 8.69. The Balaban J connectivity index is 0.954. The summed E-state index contributed by atoms with van der Waals surface area (Å²) in [5, 5.41) is 10.6. The first-order valence-electron chi connectivity index (χ1n) is 17.2. The highest BCUT2D eigenvalue weighted by Crippen LogP contribution is 2.48. The summed E-state index contributed by atoms with van der Waals surface area (Å²) in [5.41, 5.74) is 0.180. The highest BCUT2D eigenvalue weighted by atomic mass is 16.5. The average molecular weight is 579 g/mol. The molecular weight excluding hydrogens is 520 g/mol. The molecule has 0 aromatic carbocycles. The Kier molecular flexibility index (Phi) is 9.73. The molecule has 0 amide bonds. The zero-order valence-electron chi connectivity index (χ0n) is 26.2. The van der Waals surface area contributed by atoms with Crippen LogP contribution in [0.3, 0.4) is 0 Å². The van der Waals surface area contributed by atoms with Gasteiger partial charge in [-0.2, -0.15) is 0 Å². The van der Waals surface area contributed by atoms with Crippen LogP contribution in [0.15, 0.2) is 0 Å². The molecule has 0 aromatic rings. The van der Waals surface area contributed by atoms with Crippen molar-refractivity contribution in [2.24, 2.45) is 39.9 Å². The normalized spacial score (nSPS) is 40.1. The molecule has 1 N–H and O–H groups in total. The van der Waals surface area contributed by atoms with E-state index in [1.807, 2.05) is 0 Å². The standard InChI is InChI=1S/C34H58O7/c1-4-32(15-35,20-38-28-9-7-25-12-26(28)14-31(25)41-23-34(6-3)18-37-19-34)21-40-30-13-27-11-24(30)8-10-29(27)39-22-33(5-2)16-36-17-33/h24-31,35H,4-23H2,1-3H3. The quantitative estimate of drug-likeness (QED) is 0.263. The summed E-state index contributed by atoms with van der Waals surface area (Å²) in [6, 6.07) is 0. The van der Waals surface area contributed by atoms with Gasteiger partial charge in [-0.15, -0.1) is 0 Å². The largest absolute Gasteiger partial charge is 0.396 e. The molecule has 4 saturated carbocycles. The predicted octanol–water partition coefficient (Wildman–Crippen LogP) is 5.41. The zero-order valence-corrected chi connectivity index (χ0v) is 26.2. The van der Waals surface area contributed by atoms with Crippen LogP contribution in [0, 0.1) is 39.9 Å². The maximum Gasteiger partial charge on any atom is 0.0607 e. The molecule has 236 valence electrons. The molecule has 4 aliphatic carbocycles. The first kappa shape index (κ1) is 30.7. The van der Waals surface area contributed by atoms with Gasteiger partial charge in [-0.1, -0.05) is 20.8 Å². The maximum absolute atomic E-state index is 10.6. The number of aliphatic hydroxyl groups is 1. The van der Waals surface area contributed by atoms with Gasteiger partial charge in [-0.25, -0.2) is 0 Å². The van der Waals surface area contributed by atoms with Crippen molar-refractivity contribution in [2.45, 2.75) is 116 Å². The third-order valence-corrected chi connectivity index (χ3v) is 12.7. The zero-order chi connectivity index (χ0) is 28.5. The van der Waals surface area contributed by atoms with E-state index < -0.39 is 0 Å². The molecule has 9 atom stereocenters. The van der Waals surface area contributed by atoms with Gasteiger partial charge in [0.05, 0.1) is 83.9 Å². The first-order chi connectivity index (χ1) is 19.9. The third-order valence-electron chi connectivity index (χ3n) is 12.7. The molecule has 0 radical (unpaired) electrons. The van der Waals surface area contributed by atoms with E-state index in [1.54, 1.807) is 0 Å². The summed E-state index contributed by atoms with van der Waals surface area (Å²) in [7, 11) is 0. The lowest BCUT2D eigenvalue weighted by Crippen LogP contribution is -2.47. The van der Waals surface area contributed by atoms with E-state index >= 15 is 0 Å². The second kappa shape index (κ2) is 13.0. The Bertz CT molecular complexity index is 794. The molecule has 6 rings (SSSR count). The van der Waals surface area contributed by atoms with Gasteiger partial charge >= 0.3 is 0 Å². The number of rotatable bonds is 16. The van der Waals surface area contributed by atoms with Gasteiger partial charge in [0.15, 0.2) is 0 Å². The number of hydrogen-bond acceptors (Lipinski definition) is 7. The van der Waals surface area contributed by atoms with E-state index in [1.165, 1.54) is 25.7 Å². The minimum atomic E-state index is -0.326. The van der Waals surface area contributed by atoms with Gasteiger partial charge in [0, 0.05) is 16.2 Å².